The Morgan fingerprint density at radius 1 is 0.692 bits per heavy atom. The maximum atomic E-state index is 5.73. The molecule has 0 saturated heterocycles. The lowest BCUT2D eigenvalue weighted by Gasteiger charge is -2.37. The molecule has 0 amide bonds. The Balaban J connectivity index is 0.00000196. The van der Waals surface area contributed by atoms with Gasteiger partial charge in [-0.05, 0) is 29.8 Å². The summed E-state index contributed by atoms with van der Waals surface area (Å²) in [5.41, 5.74) is 5.90. The molecule has 0 unspecified atom stereocenters. The quantitative estimate of drug-likeness (QED) is 0.564. The summed E-state index contributed by atoms with van der Waals surface area (Å²) in [6.45, 7) is 0. The summed E-state index contributed by atoms with van der Waals surface area (Å²) in [5.74, 6) is 1.86. The van der Waals surface area contributed by atoms with E-state index in [4.69, 9.17) is 9.47 Å². The van der Waals surface area contributed by atoms with Crippen LogP contribution in [0.2, 0.25) is 0 Å². The number of hydrogen-bond acceptors (Lipinski definition) is 3. The molecule has 4 heteroatoms. The number of halogens is 1. The molecular formula is C22H22BrNO2. The van der Waals surface area contributed by atoms with Crippen molar-refractivity contribution in [3.63, 3.8) is 0 Å². The summed E-state index contributed by atoms with van der Waals surface area (Å²) in [4.78, 5) is 2.22. The van der Waals surface area contributed by atoms with Gasteiger partial charge < -0.3 is 14.4 Å². The van der Waals surface area contributed by atoms with Crippen molar-refractivity contribution in [2.75, 3.05) is 26.2 Å². The van der Waals surface area contributed by atoms with Gasteiger partial charge in [-0.2, -0.15) is 0 Å². The number of fused-ring (bicyclic) bond motifs is 2. The highest BCUT2D eigenvalue weighted by Gasteiger charge is 2.34. The summed E-state index contributed by atoms with van der Waals surface area (Å²) in [7, 11) is 5.56. The van der Waals surface area contributed by atoms with Crippen LogP contribution in [0.15, 0.2) is 66.7 Å². The highest BCUT2D eigenvalue weighted by molar-refractivity contribution is 8.93. The monoisotopic (exact) mass is 411 g/mol. The molecule has 0 spiro atoms. The van der Waals surface area contributed by atoms with Crippen LogP contribution in [0.25, 0.3) is 0 Å². The van der Waals surface area contributed by atoms with Crippen LogP contribution < -0.4 is 14.4 Å². The minimum atomic E-state index is 0. The molecule has 1 heterocycles. The van der Waals surface area contributed by atoms with Crippen molar-refractivity contribution in [1.82, 2.24) is 0 Å². The van der Waals surface area contributed by atoms with Crippen LogP contribution in [0.1, 0.15) is 22.6 Å². The zero-order valence-electron chi connectivity index (χ0n) is 15.1. The molecule has 134 valence electrons. The molecule has 1 aliphatic heterocycles. The third-order valence-corrected chi connectivity index (χ3v) is 4.96. The highest BCUT2D eigenvalue weighted by atomic mass is 79.9. The summed E-state index contributed by atoms with van der Waals surface area (Å²) in [5, 5.41) is 0. The lowest BCUT2D eigenvalue weighted by Crippen LogP contribution is -2.23. The van der Waals surface area contributed by atoms with Gasteiger partial charge in [-0.15, -0.1) is 17.0 Å². The van der Waals surface area contributed by atoms with Crippen LogP contribution >= 0.6 is 17.0 Å². The van der Waals surface area contributed by atoms with Crippen LogP contribution in [0.3, 0.4) is 0 Å². The number of hydrogen-bond donors (Lipinski definition) is 0. The van der Waals surface area contributed by atoms with E-state index >= 15 is 0 Å². The summed E-state index contributed by atoms with van der Waals surface area (Å²) < 4.78 is 11.5. The Kier molecular flexibility index (Phi) is 5.23. The molecule has 0 saturated carbocycles. The fourth-order valence-corrected chi connectivity index (χ4v) is 3.84. The number of ether oxygens (including phenoxy) is 2. The standard InChI is InChI=1S/C22H21NO2.BrH/c1-23-16-11-7-13-18(24-2)21(16)20(15-9-5-4-6-10-15)22-17(23)12-8-14-19(22)25-3;/h4-14,20H,1-3H3;1H. The van der Waals surface area contributed by atoms with Crippen molar-refractivity contribution in [3.8, 4) is 11.5 Å². The predicted molar refractivity (Wildman–Crippen MR) is 112 cm³/mol. The summed E-state index contributed by atoms with van der Waals surface area (Å²) >= 11 is 0. The fraction of sp³-hybridized carbons (Fsp3) is 0.182. The second kappa shape index (κ2) is 7.42. The van der Waals surface area contributed by atoms with Crippen molar-refractivity contribution in [2.24, 2.45) is 0 Å². The summed E-state index contributed by atoms with van der Waals surface area (Å²) in [6.07, 6.45) is 0. The molecule has 26 heavy (non-hydrogen) atoms. The topological polar surface area (TPSA) is 21.7 Å². The normalized spacial score (nSPS) is 12.7. The molecule has 3 nitrogen and oxygen atoms in total. The van der Waals surface area contributed by atoms with Gasteiger partial charge in [0.05, 0.1) is 14.2 Å². The average Bonchev–Trinajstić information content (AvgIpc) is 2.68. The van der Waals surface area contributed by atoms with E-state index in [0.29, 0.717) is 0 Å². The molecule has 0 bridgehead atoms. The SMILES string of the molecule is Br.COc1cccc2c1C(c1ccccc1)c1c(OC)cccc1N2C. The van der Waals surface area contributed by atoms with Crippen LogP contribution in [0.5, 0.6) is 11.5 Å². The Morgan fingerprint density at radius 2 is 1.19 bits per heavy atom. The molecule has 4 rings (SSSR count). The van der Waals surface area contributed by atoms with E-state index in [-0.39, 0.29) is 22.9 Å². The number of anilines is 2. The van der Waals surface area contributed by atoms with Gasteiger partial charge in [0.15, 0.2) is 0 Å². The number of nitrogens with zero attached hydrogens (tertiary/aromatic N) is 1. The lowest BCUT2D eigenvalue weighted by molar-refractivity contribution is 0.402. The molecule has 0 radical (unpaired) electrons. The van der Waals surface area contributed by atoms with Gasteiger partial charge in [-0.3, -0.25) is 0 Å². The van der Waals surface area contributed by atoms with E-state index < -0.39 is 0 Å². The van der Waals surface area contributed by atoms with Crippen molar-refractivity contribution in [3.05, 3.63) is 83.4 Å². The molecule has 0 aromatic heterocycles. The first kappa shape index (κ1) is 18.3. The Morgan fingerprint density at radius 3 is 1.65 bits per heavy atom. The second-order valence-corrected chi connectivity index (χ2v) is 6.19. The Hall–Kier alpha value is -2.46. The smallest absolute Gasteiger partial charge is 0.125 e. The van der Waals surface area contributed by atoms with Gasteiger partial charge in [-0.1, -0.05) is 42.5 Å². The van der Waals surface area contributed by atoms with Gasteiger partial charge in [0.1, 0.15) is 11.5 Å². The van der Waals surface area contributed by atoms with Crippen LogP contribution in [0.4, 0.5) is 11.4 Å². The number of methoxy groups -OCH3 is 2. The van der Waals surface area contributed by atoms with E-state index in [1.807, 2.05) is 30.3 Å². The first-order valence-corrected chi connectivity index (χ1v) is 8.38. The van der Waals surface area contributed by atoms with Gasteiger partial charge in [-0.25, -0.2) is 0 Å². The molecule has 0 atom stereocenters. The third kappa shape index (κ3) is 2.74. The van der Waals surface area contributed by atoms with Crippen molar-refractivity contribution >= 4 is 28.4 Å². The zero-order chi connectivity index (χ0) is 17.4. The second-order valence-electron chi connectivity index (χ2n) is 6.19. The molecule has 0 N–H and O–H groups in total. The third-order valence-electron chi connectivity index (χ3n) is 4.96. The van der Waals surface area contributed by atoms with E-state index in [9.17, 15) is 0 Å². The Labute approximate surface area is 164 Å². The largest absolute Gasteiger partial charge is 0.496 e. The Bertz CT molecular complexity index is 856. The van der Waals surface area contributed by atoms with E-state index in [2.05, 4.69) is 48.3 Å². The van der Waals surface area contributed by atoms with Gasteiger partial charge in [0, 0.05) is 35.5 Å². The minimum absolute atomic E-state index is 0. The molecule has 1 aliphatic rings. The minimum Gasteiger partial charge on any atom is -0.496 e. The average molecular weight is 412 g/mol. The van der Waals surface area contributed by atoms with E-state index in [1.165, 1.54) is 16.7 Å². The fourth-order valence-electron chi connectivity index (χ4n) is 3.84. The van der Waals surface area contributed by atoms with Crippen LogP contribution in [-0.2, 0) is 0 Å². The first-order valence-electron chi connectivity index (χ1n) is 8.38. The maximum Gasteiger partial charge on any atom is 0.125 e. The van der Waals surface area contributed by atoms with Crippen molar-refractivity contribution in [1.29, 1.82) is 0 Å². The predicted octanol–water partition coefficient (Wildman–Crippen LogP) is 5.54. The van der Waals surface area contributed by atoms with Crippen molar-refractivity contribution < 1.29 is 9.47 Å². The number of rotatable bonds is 3. The van der Waals surface area contributed by atoms with Crippen LogP contribution in [-0.4, -0.2) is 21.3 Å². The number of benzene rings is 3. The van der Waals surface area contributed by atoms with Gasteiger partial charge in [0.25, 0.3) is 0 Å². The molecule has 3 aromatic rings. The van der Waals surface area contributed by atoms with Crippen LogP contribution in [0, 0.1) is 0 Å². The zero-order valence-corrected chi connectivity index (χ0v) is 16.8. The van der Waals surface area contributed by atoms with Gasteiger partial charge >= 0.3 is 0 Å². The molecule has 3 aromatic carbocycles. The molecule has 0 aliphatic carbocycles. The summed E-state index contributed by atoms with van der Waals surface area (Å²) in [6, 6.07) is 23.0. The van der Waals surface area contributed by atoms with Gasteiger partial charge in [0.2, 0.25) is 0 Å². The van der Waals surface area contributed by atoms with E-state index in [0.717, 1.165) is 22.9 Å². The lowest BCUT2D eigenvalue weighted by atomic mass is 9.79. The highest BCUT2D eigenvalue weighted by Crippen LogP contribution is 2.53. The first-order chi connectivity index (χ1) is 12.3. The maximum absolute atomic E-state index is 5.73. The molecular weight excluding hydrogens is 390 g/mol. The van der Waals surface area contributed by atoms with E-state index in [1.54, 1.807) is 14.2 Å². The molecule has 0 fully saturated rings. The van der Waals surface area contributed by atoms with Crippen molar-refractivity contribution in [2.45, 2.75) is 5.92 Å².